The lowest BCUT2D eigenvalue weighted by Gasteiger charge is -2.39. The van der Waals surface area contributed by atoms with Crippen molar-refractivity contribution >= 4 is 11.6 Å². The van der Waals surface area contributed by atoms with Gasteiger partial charge in [0.05, 0.1) is 5.69 Å². The number of carbonyl (C=O) groups excluding carboxylic acids is 1. The number of amides is 1. The summed E-state index contributed by atoms with van der Waals surface area (Å²) in [5.74, 6) is 0.00567. The minimum absolute atomic E-state index is 0.00567. The molecule has 3 rings (SSSR count). The molecule has 0 aromatic carbocycles. The minimum atomic E-state index is 0.00567. The molecule has 1 aromatic rings. The molecule has 0 radical (unpaired) electrons. The molecule has 0 spiro atoms. The predicted molar refractivity (Wildman–Crippen MR) is 82.9 cm³/mol. The molecule has 1 aliphatic heterocycles. The van der Waals surface area contributed by atoms with Crippen molar-refractivity contribution in [2.45, 2.75) is 59.5 Å². The van der Waals surface area contributed by atoms with Gasteiger partial charge in [-0.3, -0.25) is 9.48 Å². The SMILES string of the molecule is CCn1cc(N)c(C(=O)N2CC3(C)CC2CC(C)(C)C3)n1. The van der Waals surface area contributed by atoms with Gasteiger partial charge in [0.25, 0.3) is 5.91 Å². The fraction of sp³-hybridized carbons (Fsp3) is 0.750. The fourth-order valence-electron chi connectivity index (χ4n) is 4.60. The lowest BCUT2D eigenvalue weighted by Crippen LogP contribution is -2.38. The first-order valence-corrected chi connectivity index (χ1v) is 7.87. The monoisotopic (exact) mass is 290 g/mol. The molecule has 2 fully saturated rings. The van der Waals surface area contributed by atoms with Gasteiger partial charge in [-0.1, -0.05) is 20.8 Å². The van der Waals surface area contributed by atoms with Crippen LogP contribution in [0.3, 0.4) is 0 Å². The van der Waals surface area contributed by atoms with Crippen molar-refractivity contribution in [3.05, 3.63) is 11.9 Å². The number of carbonyl (C=O) groups is 1. The van der Waals surface area contributed by atoms with Gasteiger partial charge in [-0.15, -0.1) is 0 Å². The molecule has 2 unspecified atom stereocenters. The van der Waals surface area contributed by atoms with E-state index in [2.05, 4.69) is 25.9 Å². The summed E-state index contributed by atoms with van der Waals surface area (Å²) >= 11 is 0. The van der Waals surface area contributed by atoms with E-state index in [1.165, 1.54) is 6.42 Å². The van der Waals surface area contributed by atoms with Crippen molar-refractivity contribution < 1.29 is 4.79 Å². The summed E-state index contributed by atoms with van der Waals surface area (Å²) in [6.07, 6.45) is 5.11. The molecule has 1 aromatic heterocycles. The van der Waals surface area contributed by atoms with Crippen LogP contribution in [0.15, 0.2) is 6.20 Å². The fourth-order valence-corrected chi connectivity index (χ4v) is 4.60. The molecular formula is C16H26N4O. The van der Waals surface area contributed by atoms with Gasteiger partial charge in [0.15, 0.2) is 5.69 Å². The zero-order chi connectivity index (χ0) is 15.4. The highest BCUT2D eigenvalue weighted by molar-refractivity contribution is 5.97. The lowest BCUT2D eigenvalue weighted by atomic mass is 9.65. The van der Waals surface area contributed by atoms with Crippen molar-refractivity contribution in [1.29, 1.82) is 0 Å². The standard InChI is InChI=1S/C16H26N4O/c1-5-19-8-12(17)13(18-19)14(21)20-10-16(4)7-11(20)6-15(2,3)9-16/h8,11H,5-7,9-10,17H2,1-4H3. The summed E-state index contributed by atoms with van der Waals surface area (Å²) in [6.45, 7) is 10.5. The van der Waals surface area contributed by atoms with Gasteiger partial charge in [-0.05, 0) is 37.0 Å². The maximum absolute atomic E-state index is 12.9. The number of anilines is 1. The average molecular weight is 290 g/mol. The molecule has 1 saturated carbocycles. The van der Waals surface area contributed by atoms with Gasteiger partial charge in [0, 0.05) is 25.3 Å². The Hall–Kier alpha value is -1.52. The normalized spacial score (nSPS) is 30.7. The molecule has 2 heterocycles. The zero-order valence-corrected chi connectivity index (χ0v) is 13.5. The second-order valence-corrected chi connectivity index (χ2v) is 7.94. The molecule has 21 heavy (non-hydrogen) atoms. The Morgan fingerprint density at radius 2 is 2.14 bits per heavy atom. The summed E-state index contributed by atoms with van der Waals surface area (Å²) in [7, 11) is 0. The molecule has 2 bridgehead atoms. The molecule has 116 valence electrons. The van der Waals surface area contributed by atoms with E-state index in [1.54, 1.807) is 10.9 Å². The first kappa shape index (κ1) is 14.4. The molecule has 2 N–H and O–H groups in total. The highest BCUT2D eigenvalue weighted by Crippen LogP contribution is 2.52. The van der Waals surface area contributed by atoms with Crippen LogP contribution in [-0.4, -0.2) is 33.2 Å². The van der Waals surface area contributed by atoms with Crippen molar-refractivity contribution in [2.75, 3.05) is 12.3 Å². The quantitative estimate of drug-likeness (QED) is 0.910. The average Bonchev–Trinajstić information content (AvgIpc) is 2.85. The topological polar surface area (TPSA) is 64.2 Å². The van der Waals surface area contributed by atoms with Crippen LogP contribution in [0.25, 0.3) is 0 Å². The van der Waals surface area contributed by atoms with Crippen LogP contribution in [-0.2, 0) is 6.54 Å². The van der Waals surface area contributed by atoms with E-state index in [0.29, 0.717) is 22.8 Å². The number of nitrogens with zero attached hydrogens (tertiary/aromatic N) is 3. The Bertz CT molecular complexity index is 577. The maximum atomic E-state index is 12.9. The molecule has 5 heteroatoms. The van der Waals surface area contributed by atoms with E-state index in [4.69, 9.17) is 5.73 Å². The molecular weight excluding hydrogens is 264 g/mol. The third-order valence-electron chi connectivity index (χ3n) is 4.99. The molecule has 2 aliphatic rings. The molecule has 5 nitrogen and oxygen atoms in total. The van der Waals surface area contributed by atoms with Gasteiger partial charge in [0.2, 0.25) is 0 Å². The first-order valence-electron chi connectivity index (χ1n) is 7.87. The van der Waals surface area contributed by atoms with Crippen molar-refractivity contribution in [3.63, 3.8) is 0 Å². The summed E-state index contributed by atoms with van der Waals surface area (Å²) in [5, 5.41) is 4.35. The summed E-state index contributed by atoms with van der Waals surface area (Å²) in [5.41, 5.74) is 7.44. The lowest BCUT2D eigenvalue weighted by molar-refractivity contribution is 0.0702. The predicted octanol–water partition coefficient (Wildman–Crippen LogP) is 2.53. The van der Waals surface area contributed by atoms with Gasteiger partial charge >= 0.3 is 0 Å². The van der Waals surface area contributed by atoms with Gasteiger partial charge in [-0.25, -0.2) is 0 Å². The van der Waals surface area contributed by atoms with Gasteiger partial charge < -0.3 is 10.6 Å². The van der Waals surface area contributed by atoms with E-state index < -0.39 is 0 Å². The zero-order valence-electron chi connectivity index (χ0n) is 13.5. The summed E-state index contributed by atoms with van der Waals surface area (Å²) < 4.78 is 1.73. The number of aryl methyl sites for hydroxylation is 1. The van der Waals surface area contributed by atoms with Crippen LogP contribution in [0.4, 0.5) is 5.69 Å². The van der Waals surface area contributed by atoms with Crippen LogP contribution in [0.2, 0.25) is 0 Å². The Morgan fingerprint density at radius 1 is 1.43 bits per heavy atom. The van der Waals surface area contributed by atoms with Crippen molar-refractivity contribution in [3.8, 4) is 0 Å². The summed E-state index contributed by atoms with van der Waals surface area (Å²) in [6, 6.07) is 0.331. The molecule has 1 aliphatic carbocycles. The molecule has 1 amide bonds. The smallest absolute Gasteiger partial charge is 0.276 e. The third-order valence-corrected chi connectivity index (χ3v) is 4.99. The number of fused-ring (bicyclic) bond motifs is 2. The number of rotatable bonds is 2. The number of likely N-dealkylation sites (tertiary alicyclic amines) is 1. The Labute approximate surface area is 126 Å². The van der Waals surface area contributed by atoms with E-state index in [-0.39, 0.29) is 11.3 Å². The second-order valence-electron chi connectivity index (χ2n) is 7.94. The van der Waals surface area contributed by atoms with E-state index in [1.807, 2.05) is 11.8 Å². The van der Waals surface area contributed by atoms with E-state index >= 15 is 0 Å². The van der Waals surface area contributed by atoms with Crippen LogP contribution in [0, 0.1) is 10.8 Å². The number of nitrogens with two attached hydrogens (primary N) is 1. The molecule has 1 saturated heterocycles. The maximum Gasteiger partial charge on any atom is 0.276 e. The number of aromatic nitrogens is 2. The second kappa shape index (κ2) is 4.49. The number of hydrogen-bond donors (Lipinski definition) is 1. The largest absolute Gasteiger partial charge is 0.396 e. The van der Waals surface area contributed by atoms with E-state index in [0.717, 1.165) is 25.9 Å². The van der Waals surface area contributed by atoms with Crippen molar-refractivity contribution in [1.82, 2.24) is 14.7 Å². The minimum Gasteiger partial charge on any atom is -0.396 e. The number of hydrogen-bond acceptors (Lipinski definition) is 3. The van der Waals surface area contributed by atoms with Gasteiger partial charge in [-0.2, -0.15) is 5.10 Å². The van der Waals surface area contributed by atoms with Gasteiger partial charge in [0.1, 0.15) is 0 Å². The Kier molecular flexibility index (Phi) is 3.08. The highest BCUT2D eigenvalue weighted by Gasteiger charge is 2.51. The third kappa shape index (κ3) is 2.43. The van der Waals surface area contributed by atoms with Crippen LogP contribution < -0.4 is 5.73 Å². The Balaban J connectivity index is 1.87. The number of nitrogen functional groups attached to an aromatic ring is 1. The van der Waals surface area contributed by atoms with E-state index in [9.17, 15) is 4.79 Å². The van der Waals surface area contributed by atoms with Crippen LogP contribution in [0.5, 0.6) is 0 Å². The van der Waals surface area contributed by atoms with Crippen LogP contribution >= 0.6 is 0 Å². The Morgan fingerprint density at radius 3 is 2.76 bits per heavy atom. The highest BCUT2D eigenvalue weighted by atomic mass is 16.2. The first-order chi connectivity index (χ1) is 9.73. The summed E-state index contributed by atoms with van der Waals surface area (Å²) in [4.78, 5) is 14.9. The molecule has 2 atom stereocenters. The van der Waals surface area contributed by atoms with Crippen molar-refractivity contribution in [2.24, 2.45) is 10.8 Å². The van der Waals surface area contributed by atoms with Crippen LogP contribution in [0.1, 0.15) is 57.4 Å².